The van der Waals surface area contributed by atoms with Crippen LogP contribution in [0.1, 0.15) is 31.4 Å². The Morgan fingerprint density at radius 3 is 2.32 bits per heavy atom. The van der Waals surface area contributed by atoms with Crippen LogP contribution >= 0.6 is 11.6 Å². The van der Waals surface area contributed by atoms with Gasteiger partial charge in [0.05, 0.1) is 20.3 Å². The van der Waals surface area contributed by atoms with E-state index < -0.39 is 10.0 Å². The number of nitrogens with one attached hydrogen (secondary N) is 1. The molecule has 1 heterocycles. The summed E-state index contributed by atoms with van der Waals surface area (Å²) in [6.07, 6.45) is 0.898. The van der Waals surface area contributed by atoms with Crippen LogP contribution in [0.15, 0.2) is 47.4 Å². The molecular formula is C22H27ClN2O5S. The van der Waals surface area contributed by atoms with Gasteiger partial charge in [-0.05, 0) is 49.6 Å². The number of rotatable bonds is 7. The van der Waals surface area contributed by atoms with E-state index in [2.05, 4.69) is 5.32 Å². The van der Waals surface area contributed by atoms with Crippen molar-refractivity contribution in [1.82, 2.24) is 9.62 Å². The molecule has 7 nitrogen and oxygen atoms in total. The smallest absolute Gasteiger partial charge is 0.246 e. The second kappa shape index (κ2) is 9.89. The molecule has 1 aliphatic heterocycles. The third-order valence-electron chi connectivity index (χ3n) is 5.54. The van der Waals surface area contributed by atoms with Crippen LogP contribution in [0.5, 0.6) is 11.5 Å². The average Bonchev–Trinajstić information content (AvgIpc) is 2.79. The minimum atomic E-state index is -3.77. The molecule has 0 aromatic heterocycles. The van der Waals surface area contributed by atoms with Gasteiger partial charge < -0.3 is 14.8 Å². The maximum atomic E-state index is 13.2. The van der Waals surface area contributed by atoms with Crippen LogP contribution in [-0.2, 0) is 14.8 Å². The van der Waals surface area contributed by atoms with Gasteiger partial charge in [-0.2, -0.15) is 4.31 Å². The van der Waals surface area contributed by atoms with E-state index in [0.717, 1.165) is 5.56 Å². The molecule has 168 valence electrons. The molecule has 0 spiro atoms. The SMILES string of the molecule is COc1ccc(OC)c(S(=O)(=O)N2CCC(C(=O)NC(C)c3ccc(Cl)cc3)CC2)c1. The standard InChI is InChI=1S/C22H27ClN2O5S/c1-15(16-4-6-18(23)7-5-16)24-22(26)17-10-12-25(13-11-17)31(27,28)21-14-19(29-2)8-9-20(21)30-3/h4-9,14-15,17H,10-13H2,1-3H3,(H,24,26). The van der Waals surface area contributed by atoms with Crippen molar-refractivity contribution >= 4 is 27.5 Å². The maximum absolute atomic E-state index is 13.2. The number of nitrogens with zero attached hydrogens (tertiary/aromatic N) is 1. The summed E-state index contributed by atoms with van der Waals surface area (Å²) in [5, 5.41) is 3.66. The first kappa shape index (κ1) is 23.4. The predicted molar refractivity (Wildman–Crippen MR) is 119 cm³/mol. The molecule has 0 radical (unpaired) electrons. The normalized spacial score (nSPS) is 16.5. The highest BCUT2D eigenvalue weighted by Gasteiger charge is 2.34. The first-order valence-electron chi connectivity index (χ1n) is 10.0. The van der Waals surface area contributed by atoms with Crippen molar-refractivity contribution in [3.05, 3.63) is 53.1 Å². The van der Waals surface area contributed by atoms with Crippen molar-refractivity contribution in [2.24, 2.45) is 5.92 Å². The van der Waals surface area contributed by atoms with Crippen molar-refractivity contribution in [3.8, 4) is 11.5 Å². The fourth-order valence-electron chi connectivity index (χ4n) is 3.65. The fraction of sp³-hybridized carbons (Fsp3) is 0.409. The number of methoxy groups -OCH3 is 2. The molecule has 1 N–H and O–H groups in total. The van der Waals surface area contributed by atoms with Gasteiger partial charge in [-0.25, -0.2) is 8.42 Å². The van der Waals surface area contributed by atoms with Crippen LogP contribution in [0.25, 0.3) is 0 Å². The highest BCUT2D eigenvalue weighted by atomic mass is 35.5. The number of halogens is 1. The highest BCUT2D eigenvalue weighted by Crippen LogP contribution is 2.32. The van der Waals surface area contributed by atoms with E-state index in [4.69, 9.17) is 21.1 Å². The number of amides is 1. The van der Waals surface area contributed by atoms with Crippen LogP contribution in [0.4, 0.5) is 0 Å². The van der Waals surface area contributed by atoms with Crippen molar-refractivity contribution in [2.45, 2.75) is 30.7 Å². The zero-order valence-corrected chi connectivity index (χ0v) is 19.4. The summed E-state index contributed by atoms with van der Waals surface area (Å²) in [5.74, 6) is 0.383. The van der Waals surface area contributed by atoms with E-state index in [1.165, 1.54) is 24.6 Å². The van der Waals surface area contributed by atoms with Crippen molar-refractivity contribution in [1.29, 1.82) is 0 Å². The molecule has 9 heteroatoms. The first-order chi connectivity index (χ1) is 14.8. The fourth-order valence-corrected chi connectivity index (χ4v) is 5.42. The van der Waals surface area contributed by atoms with E-state index in [-0.39, 0.29) is 41.6 Å². The summed E-state index contributed by atoms with van der Waals surface area (Å²) in [6, 6.07) is 11.9. The topological polar surface area (TPSA) is 84.9 Å². The number of piperidine rings is 1. The molecule has 2 aromatic rings. The molecule has 1 unspecified atom stereocenters. The Morgan fingerprint density at radius 2 is 1.74 bits per heavy atom. The Morgan fingerprint density at radius 1 is 1.10 bits per heavy atom. The van der Waals surface area contributed by atoms with E-state index in [1.54, 1.807) is 24.3 Å². The largest absolute Gasteiger partial charge is 0.497 e. The van der Waals surface area contributed by atoms with Crippen molar-refractivity contribution in [2.75, 3.05) is 27.3 Å². The van der Waals surface area contributed by atoms with Crippen molar-refractivity contribution < 1.29 is 22.7 Å². The summed E-state index contributed by atoms with van der Waals surface area (Å²) in [4.78, 5) is 12.8. The average molecular weight is 467 g/mol. The number of hydrogen-bond donors (Lipinski definition) is 1. The predicted octanol–water partition coefficient (Wildman–Crippen LogP) is 3.64. The van der Waals surface area contributed by atoms with Gasteiger partial charge in [-0.3, -0.25) is 4.79 Å². The summed E-state index contributed by atoms with van der Waals surface area (Å²) in [7, 11) is -0.863. The number of benzene rings is 2. The molecule has 31 heavy (non-hydrogen) atoms. The molecule has 1 saturated heterocycles. The van der Waals surface area contributed by atoms with Gasteiger partial charge in [0.25, 0.3) is 0 Å². The highest BCUT2D eigenvalue weighted by molar-refractivity contribution is 7.89. The van der Waals surface area contributed by atoms with Crippen LogP contribution in [0.3, 0.4) is 0 Å². The molecule has 0 saturated carbocycles. The van der Waals surface area contributed by atoms with Crippen molar-refractivity contribution in [3.63, 3.8) is 0 Å². The minimum Gasteiger partial charge on any atom is -0.497 e. The second-order valence-corrected chi connectivity index (χ2v) is 9.82. The summed E-state index contributed by atoms with van der Waals surface area (Å²) in [6.45, 7) is 2.43. The van der Waals surface area contributed by atoms with Gasteiger partial charge in [0, 0.05) is 30.1 Å². The van der Waals surface area contributed by atoms with Gasteiger partial charge in [0.15, 0.2) is 0 Å². The lowest BCUT2D eigenvalue weighted by Crippen LogP contribution is -2.43. The Balaban J connectivity index is 1.64. The molecule has 1 fully saturated rings. The Kier molecular flexibility index (Phi) is 7.46. The third-order valence-corrected chi connectivity index (χ3v) is 7.71. The zero-order valence-electron chi connectivity index (χ0n) is 17.8. The lowest BCUT2D eigenvalue weighted by molar-refractivity contribution is -0.126. The molecule has 0 bridgehead atoms. The van der Waals surface area contributed by atoms with Gasteiger partial charge in [-0.15, -0.1) is 0 Å². The number of carbonyl (C=O) groups is 1. The molecular weight excluding hydrogens is 440 g/mol. The minimum absolute atomic E-state index is 0.0635. The molecule has 1 amide bonds. The quantitative estimate of drug-likeness (QED) is 0.673. The Labute approximate surface area is 188 Å². The maximum Gasteiger partial charge on any atom is 0.246 e. The third kappa shape index (κ3) is 5.31. The van der Waals surface area contributed by atoms with E-state index in [0.29, 0.717) is 23.6 Å². The molecule has 3 rings (SSSR count). The monoisotopic (exact) mass is 466 g/mol. The summed E-state index contributed by atoms with van der Waals surface area (Å²) in [5.41, 5.74) is 0.961. The van der Waals surface area contributed by atoms with E-state index in [1.807, 2.05) is 19.1 Å². The van der Waals surface area contributed by atoms with E-state index in [9.17, 15) is 13.2 Å². The molecule has 1 atom stereocenters. The van der Waals surface area contributed by atoms with E-state index >= 15 is 0 Å². The van der Waals surface area contributed by atoms with Crippen LogP contribution in [0.2, 0.25) is 5.02 Å². The Bertz CT molecular complexity index is 1020. The van der Waals surface area contributed by atoms with Gasteiger partial charge in [-0.1, -0.05) is 23.7 Å². The number of carbonyl (C=O) groups excluding carboxylic acids is 1. The molecule has 2 aromatic carbocycles. The lowest BCUT2D eigenvalue weighted by atomic mass is 9.96. The molecule has 0 aliphatic carbocycles. The van der Waals surface area contributed by atoms with Crippen LogP contribution in [-0.4, -0.2) is 45.9 Å². The lowest BCUT2D eigenvalue weighted by Gasteiger charge is -2.31. The number of hydrogen-bond acceptors (Lipinski definition) is 5. The van der Waals surface area contributed by atoms with Gasteiger partial charge in [0.2, 0.25) is 15.9 Å². The summed E-state index contributed by atoms with van der Waals surface area (Å²) < 4.78 is 38.2. The number of ether oxygens (including phenoxy) is 2. The zero-order chi connectivity index (χ0) is 22.6. The van der Waals surface area contributed by atoms with Crippen LogP contribution in [0, 0.1) is 5.92 Å². The van der Waals surface area contributed by atoms with Crippen LogP contribution < -0.4 is 14.8 Å². The summed E-state index contributed by atoms with van der Waals surface area (Å²) >= 11 is 5.92. The number of sulfonamides is 1. The second-order valence-electron chi connectivity index (χ2n) is 7.48. The van der Waals surface area contributed by atoms with Gasteiger partial charge in [0.1, 0.15) is 16.4 Å². The van der Waals surface area contributed by atoms with Gasteiger partial charge >= 0.3 is 0 Å². The first-order valence-corrected chi connectivity index (χ1v) is 11.9. The Hall–Kier alpha value is -2.29. The molecule has 1 aliphatic rings.